The number of rotatable bonds is 5. The summed E-state index contributed by atoms with van der Waals surface area (Å²) in [6.45, 7) is 4.71. The van der Waals surface area contributed by atoms with Crippen LogP contribution in [-0.4, -0.2) is 21.5 Å². The van der Waals surface area contributed by atoms with Gasteiger partial charge in [0.1, 0.15) is 5.82 Å². The molecule has 0 saturated carbocycles. The molecule has 124 valence electrons. The molecule has 6 nitrogen and oxygen atoms in total. The van der Waals surface area contributed by atoms with Crippen LogP contribution >= 0.6 is 0 Å². The van der Waals surface area contributed by atoms with Gasteiger partial charge in [-0.15, -0.1) is 0 Å². The van der Waals surface area contributed by atoms with Gasteiger partial charge in [0.25, 0.3) is 0 Å². The van der Waals surface area contributed by atoms with Crippen LogP contribution in [0.25, 0.3) is 0 Å². The predicted molar refractivity (Wildman–Crippen MR) is 96.8 cm³/mol. The normalized spacial score (nSPS) is 12.6. The largest absolute Gasteiger partial charge is 0.439 e. The van der Waals surface area contributed by atoms with Gasteiger partial charge in [0.2, 0.25) is 5.95 Å². The van der Waals surface area contributed by atoms with Gasteiger partial charge in [-0.05, 0) is 42.8 Å². The van der Waals surface area contributed by atoms with Crippen LogP contribution in [0.4, 0.5) is 17.5 Å². The molecule has 3 aromatic rings. The highest BCUT2D eigenvalue weighted by molar-refractivity contribution is 5.74. The van der Waals surface area contributed by atoms with E-state index in [1.54, 1.807) is 18.6 Å². The Labute approximate surface area is 145 Å². The van der Waals surface area contributed by atoms with Gasteiger partial charge in [0, 0.05) is 31.2 Å². The van der Waals surface area contributed by atoms with Crippen molar-refractivity contribution in [3.05, 3.63) is 79.1 Å². The molecule has 0 aliphatic carbocycles. The van der Waals surface area contributed by atoms with E-state index in [4.69, 9.17) is 4.74 Å². The fraction of sp³-hybridized carbons (Fsp3) is 0.105. The maximum Gasteiger partial charge on any atom is 0.224 e. The number of benzene rings is 1. The van der Waals surface area contributed by atoms with E-state index in [0.717, 1.165) is 30.2 Å². The van der Waals surface area contributed by atoms with Crippen molar-refractivity contribution in [1.29, 1.82) is 0 Å². The van der Waals surface area contributed by atoms with Crippen LogP contribution in [0.1, 0.15) is 5.56 Å². The van der Waals surface area contributed by atoms with Crippen LogP contribution < -0.4 is 15.0 Å². The molecule has 0 radical (unpaired) electrons. The SMILES string of the molecule is C=C1Oc2ccccc2N1c1ccnc(NCCc2ccncc2)n1. The number of hydrogen-bond donors (Lipinski definition) is 1. The first-order valence-electron chi connectivity index (χ1n) is 8.03. The second-order valence-corrected chi connectivity index (χ2v) is 5.57. The minimum absolute atomic E-state index is 0.530. The van der Waals surface area contributed by atoms with Crippen LogP contribution in [0.5, 0.6) is 5.75 Å². The number of anilines is 3. The van der Waals surface area contributed by atoms with Crippen molar-refractivity contribution in [2.24, 2.45) is 0 Å². The average Bonchev–Trinajstić information content (AvgIpc) is 2.98. The Bertz CT molecular complexity index is 897. The molecule has 0 spiro atoms. The summed E-state index contributed by atoms with van der Waals surface area (Å²) in [6, 6.07) is 13.6. The summed E-state index contributed by atoms with van der Waals surface area (Å²) < 4.78 is 5.70. The van der Waals surface area contributed by atoms with Crippen LogP contribution in [0.2, 0.25) is 0 Å². The molecule has 0 atom stereocenters. The highest BCUT2D eigenvalue weighted by atomic mass is 16.5. The highest BCUT2D eigenvalue weighted by Gasteiger charge is 2.26. The van der Waals surface area contributed by atoms with Gasteiger partial charge in [-0.3, -0.25) is 9.88 Å². The van der Waals surface area contributed by atoms with Crippen LogP contribution in [0.15, 0.2) is 73.5 Å². The van der Waals surface area contributed by atoms with Crippen molar-refractivity contribution in [1.82, 2.24) is 15.0 Å². The van der Waals surface area contributed by atoms with E-state index in [-0.39, 0.29) is 0 Å². The summed E-state index contributed by atoms with van der Waals surface area (Å²) in [5.41, 5.74) is 2.14. The number of fused-ring (bicyclic) bond motifs is 1. The van der Waals surface area contributed by atoms with Gasteiger partial charge >= 0.3 is 0 Å². The molecule has 0 fully saturated rings. The number of para-hydroxylation sites is 2. The lowest BCUT2D eigenvalue weighted by Gasteiger charge is -2.17. The van der Waals surface area contributed by atoms with Gasteiger partial charge in [-0.1, -0.05) is 12.1 Å². The summed E-state index contributed by atoms with van der Waals surface area (Å²) in [4.78, 5) is 14.8. The number of hydrogen-bond acceptors (Lipinski definition) is 6. The molecule has 4 rings (SSSR count). The third kappa shape index (κ3) is 3.14. The van der Waals surface area contributed by atoms with E-state index in [0.29, 0.717) is 11.8 Å². The first-order chi connectivity index (χ1) is 12.3. The van der Waals surface area contributed by atoms with E-state index in [1.807, 2.05) is 47.4 Å². The van der Waals surface area contributed by atoms with Crippen molar-refractivity contribution < 1.29 is 4.74 Å². The topological polar surface area (TPSA) is 63.2 Å². The van der Waals surface area contributed by atoms with Gasteiger partial charge in [0.15, 0.2) is 11.6 Å². The highest BCUT2D eigenvalue weighted by Crippen LogP contribution is 2.42. The lowest BCUT2D eigenvalue weighted by molar-refractivity contribution is 0.449. The predicted octanol–water partition coefficient (Wildman–Crippen LogP) is 3.53. The Morgan fingerprint density at radius 3 is 2.76 bits per heavy atom. The summed E-state index contributed by atoms with van der Waals surface area (Å²) in [7, 11) is 0. The molecule has 0 saturated heterocycles. The Morgan fingerprint density at radius 1 is 1.04 bits per heavy atom. The third-order valence-electron chi connectivity index (χ3n) is 3.90. The van der Waals surface area contributed by atoms with E-state index in [2.05, 4.69) is 26.8 Å². The zero-order valence-electron chi connectivity index (χ0n) is 13.6. The minimum Gasteiger partial charge on any atom is -0.439 e. The van der Waals surface area contributed by atoms with Crippen molar-refractivity contribution in [3.63, 3.8) is 0 Å². The minimum atomic E-state index is 0.530. The smallest absolute Gasteiger partial charge is 0.224 e. The van der Waals surface area contributed by atoms with Gasteiger partial charge in [-0.25, -0.2) is 4.98 Å². The Hall–Kier alpha value is -3.41. The Morgan fingerprint density at radius 2 is 1.88 bits per heavy atom. The van der Waals surface area contributed by atoms with E-state index < -0.39 is 0 Å². The molecule has 1 aromatic carbocycles. The number of nitrogens with one attached hydrogen (secondary N) is 1. The standard InChI is InChI=1S/C19H17N5O/c1-14-24(16-4-2-3-5-17(16)25-14)18-9-13-22-19(23-18)21-12-8-15-6-10-20-11-7-15/h2-7,9-11,13H,1,8,12H2,(H,21,22,23). The summed E-state index contributed by atoms with van der Waals surface area (Å²) in [5, 5.41) is 3.26. The molecule has 1 aliphatic heterocycles. The number of nitrogens with zero attached hydrogens (tertiary/aromatic N) is 4. The molecule has 0 bridgehead atoms. The second-order valence-electron chi connectivity index (χ2n) is 5.57. The first kappa shape index (κ1) is 15.1. The second kappa shape index (κ2) is 6.60. The van der Waals surface area contributed by atoms with E-state index in [9.17, 15) is 0 Å². The molecule has 2 aromatic heterocycles. The number of aromatic nitrogens is 3. The summed E-state index contributed by atoms with van der Waals surface area (Å²) >= 11 is 0. The van der Waals surface area contributed by atoms with Crippen LogP contribution in [0.3, 0.4) is 0 Å². The Kier molecular flexibility index (Phi) is 4.00. The van der Waals surface area contributed by atoms with Gasteiger partial charge < -0.3 is 10.1 Å². The van der Waals surface area contributed by atoms with Crippen molar-refractivity contribution in [2.75, 3.05) is 16.8 Å². The van der Waals surface area contributed by atoms with E-state index >= 15 is 0 Å². The van der Waals surface area contributed by atoms with Crippen molar-refractivity contribution in [2.45, 2.75) is 6.42 Å². The maximum atomic E-state index is 5.70. The van der Waals surface area contributed by atoms with Crippen LogP contribution in [0, 0.1) is 0 Å². The molecule has 0 amide bonds. The summed E-state index contributed by atoms with van der Waals surface area (Å²) in [5.74, 6) is 2.60. The van der Waals surface area contributed by atoms with Crippen molar-refractivity contribution in [3.8, 4) is 5.75 Å². The molecule has 0 unspecified atom stereocenters. The molecule has 3 heterocycles. The monoisotopic (exact) mass is 331 g/mol. The molecule has 1 N–H and O–H groups in total. The van der Waals surface area contributed by atoms with E-state index in [1.165, 1.54) is 5.56 Å². The molecule has 1 aliphatic rings. The molecule has 6 heteroatoms. The zero-order chi connectivity index (χ0) is 17.1. The quantitative estimate of drug-likeness (QED) is 0.772. The van der Waals surface area contributed by atoms with Crippen molar-refractivity contribution >= 4 is 17.5 Å². The number of ether oxygens (including phenoxy) is 1. The first-order valence-corrected chi connectivity index (χ1v) is 8.03. The Balaban J connectivity index is 1.49. The third-order valence-corrected chi connectivity index (χ3v) is 3.90. The average molecular weight is 331 g/mol. The zero-order valence-corrected chi connectivity index (χ0v) is 13.6. The molecule has 25 heavy (non-hydrogen) atoms. The molecular formula is C19H17N5O. The fourth-order valence-electron chi connectivity index (χ4n) is 2.71. The summed E-state index contributed by atoms with van der Waals surface area (Å²) in [6.07, 6.45) is 6.19. The van der Waals surface area contributed by atoms with Gasteiger partial charge in [-0.2, -0.15) is 4.98 Å². The molecular weight excluding hydrogens is 314 g/mol. The fourth-order valence-corrected chi connectivity index (χ4v) is 2.71. The van der Waals surface area contributed by atoms with Crippen LogP contribution in [-0.2, 0) is 6.42 Å². The lowest BCUT2D eigenvalue weighted by Crippen LogP contribution is -2.15. The maximum absolute atomic E-state index is 5.70. The van der Waals surface area contributed by atoms with Gasteiger partial charge in [0.05, 0.1) is 5.69 Å². The lowest BCUT2D eigenvalue weighted by atomic mass is 10.2. The number of pyridine rings is 1.